The van der Waals surface area contributed by atoms with E-state index in [-0.39, 0.29) is 5.76 Å². The predicted molar refractivity (Wildman–Crippen MR) is 56.0 cm³/mol. The Hall–Kier alpha value is -1.35. The zero-order chi connectivity index (χ0) is 9.42. The molecule has 66 valence electrons. The Labute approximate surface area is 80.2 Å². The Morgan fingerprint density at radius 2 is 2.31 bits per heavy atom. The molecule has 2 aromatic rings. The number of fused-ring (bicyclic) bond motifs is 1. The van der Waals surface area contributed by atoms with Crippen LogP contribution in [0.25, 0.3) is 16.0 Å². The van der Waals surface area contributed by atoms with Crippen molar-refractivity contribution in [2.24, 2.45) is 0 Å². The number of rotatable bonds is 1. The third-order valence-electron chi connectivity index (χ3n) is 1.83. The maximum absolute atomic E-state index is 9.18. The van der Waals surface area contributed by atoms with Gasteiger partial charge in [0.25, 0.3) is 0 Å². The van der Waals surface area contributed by atoms with Crippen molar-refractivity contribution >= 4 is 27.3 Å². The van der Waals surface area contributed by atoms with Crippen LogP contribution in [0.4, 0.5) is 0 Å². The number of nitrogens with zero attached hydrogens (tertiary/aromatic N) is 1. The molecule has 0 amide bonds. The van der Waals surface area contributed by atoms with Crippen molar-refractivity contribution in [3.05, 3.63) is 35.3 Å². The monoisotopic (exact) mass is 191 g/mol. The fraction of sp³-hybridized carbons (Fsp3) is 0.100. The molecule has 1 heterocycles. The van der Waals surface area contributed by atoms with Gasteiger partial charge in [0, 0.05) is 5.56 Å². The molecule has 0 atom stereocenters. The van der Waals surface area contributed by atoms with Crippen LogP contribution in [0.3, 0.4) is 0 Å². The van der Waals surface area contributed by atoms with E-state index in [0.717, 1.165) is 20.8 Å². The first-order valence-corrected chi connectivity index (χ1v) is 4.74. The van der Waals surface area contributed by atoms with E-state index in [0.29, 0.717) is 0 Å². The fourth-order valence-corrected chi connectivity index (χ4v) is 2.09. The highest BCUT2D eigenvalue weighted by Crippen LogP contribution is 2.24. The molecule has 0 radical (unpaired) electrons. The molecule has 2 nitrogen and oxygen atoms in total. The maximum atomic E-state index is 9.18. The summed E-state index contributed by atoms with van der Waals surface area (Å²) in [5.74, 6) is 0.105. The molecule has 0 fully saturated rings. The van der Waals surface area contributed by atoms with Gasteiger partial charge in [0.2, 0.25) is 0 Å². The van der Waals surface area contributed by atoms with Gasteiger partial charge in [-0.1, -0.05) is 6.58 Å². The van der Waals surface area contributed by atoms with E-state index in [1.807, 2.05) is 25.1 Å². The van der Waals surface area contributed by atoms with Crippen LogP contribution < -0.4 is 0 Å². The summed E-state index contributed by atoms with van der Waals surface area (Å²) in [5, 5.41) is 10.2. The van der Waals surface area contributed by atoms with Crippen molar-refractivity contribution in [2.45, 2.75) is 6.92 Å². The number of thiazole rings is 1. The first kappa shape index (κ1) is 8.26. The Balaban J connectivity index is 2.67. The normalized spacial score (nSPS) is 10.5. The molecule has 2 rings (SSSR count). The Morgan fingerprint density at radius 3 is 3.00 bits per heavy atom. The summed E-state index contributed by atoms with van der Waals surface area (Å²) >= 11 is 1.62. The van der Waals surface area contributed by atoms with Crippen LogP contribution in [-0.2, 0) is 0 Å². The quantitative estimate of drug-likeness (QED) is 0.702. The van der Waals surface area contributed by atoms with Crippen LogP contribution in [0, 0.1) is 6.92 Å². The highest BCUT2D eigenvalue weighted by atomic mass is 32.1. The van der Waals surface area contributed by atoms with E-state index in [1.165, 1.54) is 0 Å². The Bertz CT molecular complexity index is 473. The summed E-state index contributed by atoms with van der Waals surface area (Å²) in [7, 11) is 0. The van der Waals surface area contributed by atoms with Gasteiger partial charge in [-0.15, -0.1) is 11.3 Å². The molecule has 1 aromatic heterocycles. The third kappa shape index (κ3) is 1.42. The lowest BCUT2D eigenvalue weighted by Gasteiger charge is -1.96. The number of aliphatic hydroxyl groups excluding tert-OH is 1. The van der Waals surface area contributed by atoms with Gasteiger partial charge in [0.05, 0.1) is 15.2 Å². The maximum Gasteiger partial charge on any atom is 0.115 e. The van der Waals surface area contributed by atoms with Gasteiger partial charge in [-0.25, -0.2) is 4.98 Å². The highest BCUT2D eigenvalue weighted by molar-refractivity contribution is 7.18. The first-order chi connectivity index (χ1) is 6.16. The van der Waals surface area contributed by atoms with E-state index in [9.17, 15) is 5.11 Å². The minimum absolute atomic E-state index is 0.105. The van der Waals surface area contributed by atoms with Gasteiger partial charge in [-0.3, -0.25) is 0 Å². The average Bonchev–Trinajstić information content (AvgIpc) is 2.42. The first-order valence-electron chi connectivity index (χ1n) is 3.92. The number of hydrogen-bond acceptors (Lipinski definition) is 3. The van der Waals surface area contributed by atoms with Crippen molar-refractivity contribution in [2.75, 3.05) is 0 Å². The van der Waals surface area contributed by atoms with Crippen molar-refractivity contribution < 1.29 is 5.11 Å². The molecule has 1 N–H and O–H groups in total. The summed E-state index contributed by atoms with van der Waals surface area (Å²) < 4.78 is 1.09. The number of aryl methyl sites for hydroxylation is 1. The molecule has 0 aliphatic carbocycles. The van der Waals surface area contributed by atoms with Crippen molar-refractivity contribution in [1.82, 2.24) is 4.98 Å². The van der Waals surface area contributed by atoms with E-state index >= 15 is 0 Å². The summed E-state index contributed by atoms with van der Waals surface area (Å²) in [4.78, 5) is 4.32. The number of hydrogen-bond donors (Lipinski definition) is 1. The number of benzene rings is 1. The lowest BCUT2D eigenvalue weighted by Crippen LogP contribution is -1.78. The molecular formula is C10H9NOS. The summed E-state index contributed by atoms with van der Waals surface area (Å²) in [6.45, 7) is 5.45. The standard InChI is InChI=1S/C10H9NOS/c1-6(12)8-3-4-9-10(5-8)13-7(2)11-9/h3-5,12H,1H2,2H3. The van der Waals surface area contributed by atoms with Gasteiger partial charge in [-0.2, -0.15) is 0 Å². The van der Waals surface area contributed by atoms with Crippen molar-refractivity contribution in [3.63, 3.8) is 0 Å². The molecule has 0 spiro atoms. The zero-order valence-corrected chi connectivity index (χ0v) is 8.06. The molecule has 0 aliphatic heterocycles. The molecule has 0 bridgehead atoms. The summed E-state index contributed by atoms with van der Waals surface area (Å²) in [6, 6.07) is 5.63. The summed E-state index contributed by atoms with van der Waals surface area (Å²) in [6.07, 6.45) is 0. The second-order valence-electron chi connectivity index (χ2n) is 2.86. The second kappa shape index (κ2) is 2.85. The van der Waals surface area contributed by atoms with E-state index in [2.05, 4.69) is 11.6 Å². The zero-order valence-electron chi connectivity index (χ0n) is 7.24. The van der Waals surface area contributed by atoms with E-state index in [4.69, 9.17) is 0 Å². The topological polar surface area (TPSA) is 33.1 Å². The SMILES string of the molecule is C=C(O)c1ccc2nc(C)sc2c1. The van der Waals surface area contributed by atoms with E-state index < -0.39 is 0 Å². The van der Waals surface area contributed by atoms with Crippen LogP contribution in [0.1, 0.15) is 10.6 Å². The fourth-order valence-electron chi connectivity index (χ4n) is 1.22. The van der Waals surface area contributed by atoms with Crippen LogP contribution in [0.15, 0.2) is 24.8 Å². The molecule has 13 heavy (non-hydrogen) atoms. The average molecular weight is 191 g/mol. The minimum Gasteiger partial charge on any atom is -0.508 e. The van der Waals surface area contributed by atoms with E-state index in [1.54, 1.807) is 11.3 Å². The lowest BCUT2D eigenvalue weighted by molar-refractivity contribution is 0.514. The Kier molecular flexibility index (Phi) is 1.81. The van der Waals surface area contributed by atoms with Crippen molar-refractivity contribution in [1.29, 1.82) is 0 Å². The minimum atomic E-state index is 0.105. The Morgan fingerprint density at radius 1 is 1.54 bits per heavy atom. The summed E-state index contributed by atoms with van der Waals surface area (Å²) in [5.41, 5.74) is 1.74. The van der Waals surface area contributed by atoms with Crippen LogP contribution in [0.5, 0.6) is 0 Å². The van der Waals surface area contributed by atoms with Crippen molar-refractivity contribution in [3.8, 4) is 0 Å². The van der Waals surface area contributed by atoms with Gasteiger partial charge in [0.1, 0.15) is 5.76 Å². The molecule has 0 aliphatic rings. The molecule has 0 saturated heterocycles. The molecule has 0 saturated carbocycles. The largest absolute Gasteiger partial charge is 0.508 e. The highest BCUT2D eigenvalue weighted by Gasteiger charge is 2.02. The second-order valence-corrected chi connectivity index (χ2v) is 4.10. The number of aliphatic hydroxyl groups is 1. The molecule has 0 unspecified atom stereocenters. The van der Waals surface area contributed by atoms with Gasteiger partial charge in [0.15, 0.2) is 0 Å². The smallest absolute Gasteiger partial charge is 0.115 e. The van der Waals surface area contributed by atoms with Crippen LogP contribution in [0.2, 0.25) is 0 Å². The van der Waals surface area contributed by atoms with Crippen LogP contribution >= 0.6 is 11.3 Å². The molecular weight excluding hydrogens is 182 g/mol. The third-order valence-corrected chi connectivity index (χ3v) is 2.76. The predicted octanol–water partition coefficient (Wildman–Crippen LogP) is 3.13. The number of aromatic nitrogens is 1. The van der Waals surface area contributed by atoms with Gasteiger partial charge >= 0.3 is 0 Å². The van der Waals surface area contributed by atoms with Gasteiger partial charge in [-0.05, 0) is 25.1 Å². The lowest BCUT2D eigenvalue weighted by atomic mass is 10.2. The van der Waals surface area contributed by atoms with Gasteiger partial charge < -0.3 is 5.11 Å². The molecule has 1 aromatic carbocycles. The van der Waals surface area contributed by atoms with Crippen LogP contribution in [-0.4, -0.2) is 10.1 Å². The molecule has 3 heteroatoms.